The minimum Gasteiger partial charge on any atom is -0.325 e. The van der Waals surface area contributed by atoms with E-state index in [1.54, 1.807) is 32.4 Å². The number of alkyl halides is 5. The zero-order valence-electron chi connectivity index (χ0n) is 11.5. The van der Waals surface area contributed by atoms with Gasteiger partial charge in [0.15, 0.2) is 0 Å². The molecule has 0 heterocycles. The normalized spacial score (nSPS) is 15.6. The Bertz CT molecular complexity index is 265. The van der Waals surface area contributed by atoms with Crippen LogP contribution in [0.2, 0.25) is 0 Å². The number of nitrogens with zero attached hydrogens (tertiary/aromatic N) is 1. The molecule has 1 atom stereocenters. The topological polar surface area (TPSA) is 21.7 Å². The van der Waals surface area contributed by atoms with Crippen LogP contribution in [0.1, 0.15) is 27.7 Å². The molecule has 0 amide bonds. The summed E-state index contributed by atoms with van der Waals surface area (Å²) in [6.45, 7) is 5.37. The average Bonchev–Trinajstić information content (AvgIpc) is 2.20. The monoisotopic (exact) mass is 311 g/mol. The molecule has 0 aliphatic carbocycles. The van der Waals surface area contributed by atoms with Crippen molar-refractivity contribution in [1.29, 1.82) is 0 Å². The molecule has 0 fully saturated rings. The first kappa shape index (κ1) is 19.0. The molecule has 9 heteroatoms. The van der Waals surface area contributed by atoms with Crippen molar-refractivity contribution in [1.82, 2.24) is 4.67 Å². The predicted octanol–water partition coefficient (Wildman–Crippen LogP) is 4.19. The van der Waals surface area contributed by atoms with Crippen molar-refractivity contribution in [2.24, 2.45) is 0 Å². The first-order valence-corrected chi connectivity index (χ1v) is 6.77. The number of hydrogen-bond acceptors (Lipinski definition) is 3. The largest absolute Gasteiger partial charge is 0.455 e. The Morgan fingerprint density at radius 2 is 1.42 bits per heavy atom. The Morgan fingerprint density at radius 3 is 1.68 bits per heavy atom. The molecule has 19 heavy (non-hydrogen) atoms. The average molecular weight is 311 g/mol. The fourth-order valence-electron chi connectivity index (χ4n) is 1.41. The highest BCUT2D eigenvalue weighted by Crippen LogP contribution is 2.47. The molecule has 0 aliphatic heterocycles. The summed E-state index contributed by atoms with van der Waals surface area (Å²) >= 11 is 0. The van der Waals surface area contributed by atoms with Gasteiger partial charge >= 0.3 is 12.1 Å². The van der Waals surface area contributed by atoms with Crippen molar-refractivity contribution in [3.63, 3.8) is 0 Å². The maximum Gasteiger partial charge on any atom is 0.455 e. The molecular formula is C10H19F5NO2P. The van der Waals surface area contributed by atoms with Crippen molar-refractivity contribution in [3.8, 4) is 0 Å². The molecule has 0 saturated carbocycles. The molecule has 0 N–H and O–H groups in total. The van der Waals surface area contributed by atoms with Crippen LogP contribution >= 0.6 is 8.53 Å². The fourth-order valence-corrected chi connectivity index (χ4v) is 2.86. The number of hydrogen-bond donors (Lipinski definition) is 0. The lowest BCUT2D eigenvalue weighted by molar-refractivity contribution is -0.290. The van der Waals surface area contributed by atoms with E-state index in [0.717, 1.165) is 0 Å². The van der Waals surface area contributed by atoms with Gasteiger partial charge in [0.25, 0.3) is 8.53 Å². The quantitative estimate of drug-likeness (QED) is 0.520. The summed E-state index contributed by atoms with van der Waals surface area (Å²) in [6.07, 6.45) is -5.62. The van der Waals surface area contributed by atoms with Gasteiger partial charge in [-0.25, -0.2) is 4.67 Å². The maximum absolute atomic E-state index is 12.8. The Labute approximate surface area is 111 Å². The summed E-state index contributed by atoms with van der Waals surface area (Å²) in [5, 5.41) is 0. The zero-order valence-corrected chi connectivity index (χ0v) is 12.4. The highest BCUT2D eigenvalue weighted by molar-refractivity contribution is 7.44. The van der Waals surface area contributed by atoms with Crippen LogP contribution in [0.15, 0.2) is 0 Å². The minimum atomic E-state index is -5.62. The van der Waals surface area contributed by atoms with Gasteiger partial charge in [0.2, 0.25) is 0 Å². The SMILES string of the molecule is COP(OCC(F)(F)C(F)(F)F)N(C(C)C)C(C)C. The third kappa shape index (κ3) is 5.45. The summed E-state index contributed by atoms with van der Waals surface area (Å²) in [6, 6.07) is -0.212. The van der Waals surface area contributed by atoms with Crippen LogP contribution in [0.4, 0.5) is 22.0 Å². The predicted molar refractivity (Wildman–Crippen MR) is 63.0 cm³/mol. The van der Waals surface area contributed by atoms with Crippen molar-refractivity contribution in [2.45, 2.75) is 51.9 Å². The van der Waals surface area contributed by atoms with Crippen LogP contribution < -0.4 is 0 Å². The highest BCUT2D eigenvalue weighted by atomic mass is 31.2. The molecule has 0 bridgehead atoms. The second kappa shape index (κ2) is 7.11. The molecule has 3 nitrogen and oxygen atoms in total. The third-order valence-corrected chi connectivity index (χ3v) is 4.14. The van der Waals surface area contributed by atoms with Gasteiger partial charge in [0.05, 0.1) is 0 Å². The molecule has 1 unspecified atom stereocenters. The molecule has 0 rings (SSSR count). The van der Waals surface area contributed by atoms with Gasteiger partial charge in [-0.15, -0.1) is 0 Å². The van der Waals surface area contributed by atoms with Crippen LogP contribution in [0, 0.1) is 0 Å². The van der Waals surface area contributed by atoms with E-state index in [1.165, 1.54) is 7.11 Å². The van der Waals surface area contributed by atoms with Gasteiger partial charge in [-0.05, 0) is 27.7 Å². The van der Waals surface area contributed by atoms with E-state index in [1.807, 2.05) is 0 Å². The third-order valence-electron chi connectivity index (χ3n) is 2.17. The molecule has 0 aromatic carbocycles. The summed E-state index contributed by atoms with van der Waals surface area (Å²) in [5.41, 5.74) is 0. The molecule has 0 aliphatic rings. The first-order valence-electron chi connectivity index (χ1n) is 5.64. The van der Waals surface area contributed by atoms with E-state index in [4.69, 9.17) is 4.52 Å². The van der Waals surface area contributed by atoms with Gasteiger partial charge in [-0.2, -0.15) is 22.0 Å². The van der Waals surface area contributed by atoms with Crippen molar-refractivity contribution >= 4 is 8.53 Å². The van der Waals surface area contributed by atoms with E-state index in [-0.39, 0.29) is 12.1 Å². The molecule has 0 aromatic rings. The zero-order chi connectivity index (χ0) is 15.4. The number of rotatable bonds is 7. The van der Waals surface area contributed by atoms with E-state index in [9.17, 15) is 22.0 Å². The molecule has 0 saturated heterocycles. The van der Waals surface area contributed by atoms with E-state index in [2.05, 4.69) is 4.52 Å². The van der Waals surface area contributed by atoms with Crippen LogP contribution in [0.3, 0.4) is 0 Å². The Hall–Kier alpha value is -0.0400. The maximum atomic E-state index is 12.8. The van der Waals surface area contributed by atoms with E-state index < -0.39 is 27.2 Å². The second-order valence-corrected chi connectivity index (χ2v) is 6.02. The summed E-state index contributed by atoms with van der Waals surface area (Å²) in [7, 11) is -0.741. The lowest BCUT2D eigenvalue weighted by Gasteiger charge is -2.35. The highest BCUT2D eigenvalue weighted by Gasteiger charge is 2.58. The molecule has 0 spiro atoms. The lowest BCUT2D eigenvalue weighted by Crippen LogP contribution is -2.41. The summed E-state index contributed by atoms with van der Waals surface area (Å²) in [5.74, 6) is -4.88. The van der Waals surface area contributed by atoms with Crippen molar-refractivity contribution in [3.05, 3.63) is 0 Å². The Morgan fingerprint density at radius 1 is 1.00 bits per heavy atom. The summed E-state index contributed by atoms with van der Waals surface area (Å²) < 4.78 is 72.8. The second-order valence-electron chi connectivity index (χ2n) is 4.46. The van der Waals surface area contributed by atoms with E-state index in [0.29, 0.717) is 0 Å². The van der Waals surface area contributed by atoms with Gasteiger partial charge in [0.1, 0.15) is 6.61 Å². The first-order chi connectivity index (χ1) is 8.44. The number of halogens is 5. The molecule has 0 radical (unpaired) electrons. The van der Waals surface area contributed by atoms with Crippen molar-refractivity contribution in [2.75, 3.05) is 13.7 Å². The Kier molecular flexibility index (Phi) is 7.09. The minimum absolute atomic E-state index is 0.106. The van der Waals surface area contributed by atoms with Gasteiger partial charge < -0.3 is 9.05 Å². The lowest BCUT2D eigenvalue weighted by atomic mass is 10.3. The fraction of sp³-hybridized carbons (Fsp3) is 1.00. The molecular weight excluding hydrogens is 292 g/mol. The van der Waals surface area contributed by atoms with Crippen LogP contribution in [-0.4, -0.2) is 42.6 Å². The smallest absolute Gasteiger partial charge is 0.325 e. The van der Waals surface area contributed by atoms with E-state index >= 15 is 0 Å². The van der Waals surface area contributed by atoms with Crippen LogP contribution in [0.25, 0.3) is 0 Å². The van der Waals surface area contributed by atoms with Gasteiger partial charge in [0, 0.05) is 19.2 Å². The van der Waals surface area contributed by atoms with Crippen LogP contribution in [-0.2, 0) is 9.05 Å². The standard InChI is InChI=1S/C10H19F5NO2P/c1-7(2)16(8(3)4)19(17-5)18-6-9(11,12)10(13,14)15/h7-8H,6H2,1-5H3. The van der Waals surface area contributed by atoms with Gasteiger partial charge in [-0.3, -0.25) is 0 Å². The Balaban J connectivity index is 4.74. The molecule has 0 aromatic heterocycles. The van der Waals surface area contributed by atoms with Crippen LogP contribution in [0.5, 0.6) is 0 Å². The molecule has 116 valence electrons. The van der Waals surface area contributed by atoms with Gasteiger partial charge in [-0.1, -0.05) is 0 Å². The van der Waals surface area contributed by atoms with Crippen molar-refractivity contribution < 1.29 is 31.0 Å². The summed E-state index contributed by atoms with van der Waals surface area (Å²) in [4.78, 5) is 0.